The summed E-state index contributed by atoms with van der Waals surface area (Å²) in [6, 6.07) is 15.2. The highest BCUT2D eigenvalue weighted by Gasteiger charge is 2.11. The summed E-state index contributed by atoms with van der Waals surface area (Å²) in [5, 5.41) is 0. The fraction of sp³-hybridized carbons (Fsp3) is 0.250. The van der Waals surface area contributed by atoms with Crippen molar-refractivity contribution >= 4 is 5.78 Å². The van der Waals surface area contributed by atoms with Crippen molar-refractivity contribution in [2.75, 3.05) is 6.61 Å². The van der Waals surface area contributed by atoms with Crippen LogP contribution in [0.4, 0.5) is 0 Å². The van der Waals surface area contributed by atoms with Crippen LogP contribution < -0.4 is 4.74 Å². The number of ether oxygens (including phenoxy) is 1. The molecule has 0 unspecified atom stereocenters. The zero-order valence-corrected chi connectivity index (χ0v) is 13.9. The molecular weight excluding hydrogens is 316 g/mol. The summed E-state index contributed by atoms with van der Waals surface area (Å²) >= 11 is 0. The number of aromatic nitrogens is 2. The Kier molecular flexibility index (Phi) is 5.93. The number of para-hydroxylation sites is 1. The van der Waals surface area contributed by atoms with Gasteiger partial charge in [-0.15, -0.1) is 0 Å². The summed E-state index contributed by atoms with van der Waals surface area (Å²) in [5.74, 6) is 2.00. The van der Waals surface area contributed by atoms with Crippen LogP contribution in [-0.4, -0.2) is 22.4 Å². The molecule has 0 saturated heterocycles. The van der Waals surface area contributed by atoms with E-state index in [1.807, 2.05) is 48.5 Å². The average molecular weight is 336 g/mol. The molecule has 0 aliphatic heterocycles. The van der Waals surface area contributed by atoms with Crippen molar-refractivity contribution in [1.29, 1.82) is 0 Å². The normalized spacial score (nSPS) is 10.6. The molecule has 0 aliphatic rings. The van der Waals surface area contributed by atoms with Gasteiger partial charge in [-0.3, -0.25) is 9.78 Å². The number of benzene rings is 1. The molecule has 3 rings (SSSR count). The first-order chi connectivity index (χ1) is 12.3. The van der Waals surface area contributed by atoms with Crippen LogP contribution in [0.3, 0.4) is 0 Å². The first-order valence-corrected chi connectivity index (χ1v) is 8.37. The van der Waals surface area contributed by atoms with Crippen molar-refractivity contribution in [1.82, 2.24) is 9.97 Å². The van der Waals surface area contributed by atoms with Crippen LogP contribution in [0.25, 0.3) is 11.5 Å². The van der Waals surface area contributed by atoms with Gasteiger partial charge in [-0.05, 0) is 37.1 Å². The number of hydrogen-bond acceptors (Lipinski definition) is 5. The Morgan fingerprint density at radius 3 is 2.64 bits per heavy atom. The lowest BCUT2D eigenvalue weighted by molar-refractivity contribution is -0.118. The van der Waals surface area contributed by atoms with Crippen LogP contribution in [-0.2, 0) is 11.2 Å². The van der Waals surface area contributed by atoms with E-state index in [4.69, 9.17) is 9.15 Å². The van der Waals surface area contributed by atoms with E-state index in [-0.39, 0.29) is 12.2 Å². The van der Waals surface area contributed by atoms with Crippen LogP contribution in [0.2, 0.25) is 0 Å². The monoisotopic (exact) mass is 336 g/mol. The molecule has 0 aliphatic carbocycles. The second-order valence-electron chi connectivity index (χ2n) is 5.67. The summed E-state index contributed by atoms with van der Waals surface area (Å²) in [6.07, 6.45) is 5.65. The summed E-state index contributed by atoms with van der Waals surface area (Å²) in [6.45, 7) is 0.611. The minimum atomic E-state index is 0.120. The highest BCUT2D eigenvalue weighted by atomic mass is 16.5. The number of Topliss-reactive ketones (excluding diaryl/α,β-unsaturated/α-hetero) is 1. The SMILES string of the molecule is O=C(CCCCOc1ccccc1)Cc1ncc(-c2ccccn2)o1. The molecule has 0 N–H and O–H groups in total. The van der Waals surface area contributed by atoms with E-state index in [2.05, 4.69) is 9.97 Å². The number of nitrogens with zero attached hydrogens (tertiary/aromatic N) is 2. The molecule has 0 bridgehead atoms. The molecule has 3 aromatic rings. The third-order valence-corrected chi connectivity index (χ3v) is 3.68. The highest BCUT2D eigenvalue weighted by Crippen LogP contribution is 2.18. The first-order valence-electron chi connectivity index (χ1n) is 8.37. The lowest BCUT2D eigenvalue weighted by Gasteiger charge is -2.05. The lowest BCUT2D eigenvalue weighted by atomic mass is 10.1. The molecule has 0 fully saturated rings. The van der Waals surface area contributed by atoms with Crippen molar-refractivity contribution in [2.45, 2.75) is 25.7 Å². The molecule has 2 heterocycles. The topological polar surface area (TPSA) is 65.2 Å². The molecular formula is C20H20N2O3. The van der Waals surface area contributed by atoms with E-state index in [0.717, 1.165) is 18.6 Å². The molecule has 5 heteroatoms. The predicted octanol–water partition coefficient (Wildman–Crippen LogP) is 4.10. The van der Waals surface area contributed by atoms with Gasteiger partial charge in [0.15, 0.2) is 5.76 Å². The number of ketones is 1. The number of unbranched alkanes of at least 4 members (excludes halogenated alkanes) is 1. The fourth-order valence-corrected chi connectivity index (χ4v) is 2.41. The minimum Gasteiger partial charge on any atom is -0.494 e. The predicted molar refractivity (Wildman–Crippen MR) is 94.2 cm³/mol. The van der Waals surface area contributed by atoms with E-state index in [9.17, 15) is 4.79 Å². The Morgan fingerprint density at radius 2 is 1.84 bits per heavy atom. The maximum absolute atomic E-state index is 12.0. The molecule has 0 amide bonds. The van der Waals surface area contributed by atoms with Crippen molar-refractivity contribution in [3.63, 3.8) is 0 Å². The third-order valence-electron chi connectivity index (χ3n) is 3.68. The summed E-state index contributed by atoms with van der Waals surface area (Å²) in [5.41, 5.74) is 0.715. The first kappa shape index (κ1) is 16.9. The lowest BCUT2D eigenvalue weighted by Crippen LogP contribution is -2.04. The van der Waals surface area contributed by atoms with Gasteiger partial charge < -0.3 is 9.15 Å². The van der Waals surface area contributed by atoms with Gasteiger partial charge in [-0.2, -0.15) is 0 Å². The Morgan fingerprint density at radius 1 is 1.00 bits per heavy atom. The number of carbonyl (C=O) groups excluding carboxylic acids is 1. The van der Waals surface area contributed by atoms with Crippen LogP contribution >= 0.6 is 0 Å². The van der Waals surface area contributed by atoms with Gasteiger partial charge in [-0.25, -0.2) is 4.98 Å². The molecule has 2 aromatic heterocycles. The molecule has 0 atom stereocenters. The minimum absolute atomic E-state index is 0.120. The largest absolute Gasteiger partial charge is 0.494 e. The summed E-state index contributed by atoms with van der Waals surface area (Å²) < 4.78 is 11.2. The van der Waals surface area contributed by atoms with E-state index >= 15 is 0 Å². The zero-order valence-electron chi connectivity index (χ0n) is 13.9. The van der Waals surface area contributed by atoms with E-state index in [1.54, 1.807) is 12.4 Å². The van der Waals surface area contributed by atoms with Gasteiger partial charge in [0.05, 0.1) is 19.2 Å². The maximum atomic E-state index is 12.0. The van der Waals surface area contributed by atoms with Crippen LogP contribution in [0, 0.1) is 0 Å². The second-order valence-corrected chi connectivity index (χ2v) is 5.67. The van der Waals surface area contributed by atoms with Gasteiger partial charge in [-0.1, -0.05) is 24.3 Å². The van der Waals surface area contributed by atoms with Crippen LogP contribution in [0.1, 0.15) is 25.2 Å². The number of pyridine rings is 1. The second kappa shape index (κ2) is 8.78. The Labute approximate surface area is 146 Å². The number of rotatable bonds is 9. The van der Waals surface area contributed by atoms with Gasteiger partial charge in [0.2, 0.25) is 5.89 Å². The smallest absolute Gasteiger partial charge is 0.202 e. The van der Waals surface area contributed by atoms with Crippen molar-refractivity contribution in [3.05, 3.63) is 66.8 Å². The molecule has 0 radical (unpaired) electrons. The molecule has 5 nitrogen and oxygen atoms in total. The van der Waals surface area contributed by atoms with Crippen molar-refractivity contribution in [2.24, 2.45) is 0 Å². The van der Waals surface area contributed by atoms with Gasteiger partial charge in [0.1, 0.15) is 17.2 Å². The maximum Gasteiger partial charge on any atom is 0.202 e. The average Bonchev–Trinajstić information content (AvgIpc) is 3.11. The molecule has 0 spiro atoms. The molecule has 128 valence electrons. The number of oxazole rings is 1. The molecule has 0 saturated carbocycles. The van der Waals surface area contributed by atoms with Gasteiger partial charge in [0, 0.05) is 12.6 Å². The summed E-state index contributed by atoms with van der Waals surface area (Å²) in [4.78, 5) is 20.4. The van der Waals surface area contributed by atoms with Gasteiger partial charge >= 0.3 is 0 Å². The van der Waals surface area contributed by atoms with Crippen LogP contribution in [0.15, 0.2) is 65.3 Å². The quantitative estimate of drug-likeness (QED) is 0.550. The van der Waals surface area contributed by atoms with Crippen molar-refractivity contribution in [3.8, 4) is 17.2 Å². The van der Waals surface area contributed by atoms with Crippen LogP contribution in [0.5, 0.6) is 5.75 Å². The van der Waals surface area contributed by atoms with E-state index < -0.39 is 0 Å². The van der Waals surface area contributed by atoms with Gasteiger partial charge in [0.25, 0.3) is 0 Å². The fourth-order valence-electron chi connectivity index (χ4n) is 2.41. The number of hydrogen-bond donors (Lipinski definition) is 0. The van der Waals surface area contributed by atoms with E-state index in [0.29, 0.717) is 30.4 Å². The Bertz CT molecular complexity index is 785. The number of carbonyl (C=O) groups is 1. The standard InChI is InChI=1S/C20H20N2O3/c23-16(8-5-7-13-24-17-9-2-1-3-10-17)14-20-22-15-19(25-20)18-11-4-6-12-21-18/h1-4,6,9-12,15H,5,7-8,13-14H2. The molecule has 25 heavy (non-hydrogen) atoms. The third kappa shape index (κ3) is 5.28. The Balaban J connectivity index is 1.37. The van der Waals surface area contributed by atoms with Crippen molar-refractivity contribution < 1.29 is 13.9 Å². The highest BCUT2D eigenvalue weighted by molar-refractivity contribution is 5.80. The van der Waals surface area contributed by atoms with E-state index in [1.165, 1.54) is 0 Å². The Hall–Kier alpha value is -2.95. The zero-order chi connectivity index (χ0) is 17.3. The molecule has 1 aromatic carbocycles. The summed E-state index contributed by atoms with van der Waals surface area (Å²) in [7, 11) is 0.